The summed E-state index contributed by atoms with van der Waals surface area (Å²) in [6.45, 7) is 3.27. The van der Waals surface area contributed by atoms with Crippen LogP contribution in [0.2, 0.25) is 0 Å². The van der Waals surface area contributed by atoms with Crippen LogP contribution in [-0.2, 0) is 17.7 Å². The summed E-state index contributed by atoms with van der Waals surface area (Å²) in [7, 11) is 0. The number of hydrogen-bond donors (Lipinski definition) is 2. The van der Waals surface area contributed by atoms with Crippen molar-refractivity contribution in [1.82, 2.24) is 10.6 Å². The highest BCUT2D eigenvalue weighted by atomic mass is 19.1. The Kier molecular flexibility index (Phi) is 5.62. The van der Waals surface area contributed by atoms with Crippen molar-refractivity contribution < 1.29 is 18.7 Å². The van der Waals surface area contributed by atoms with Crippen LogP contribution in [-0.4, -0.2) is 45.0 Å². The third-order valence-corrected chi connectivity index (χ3v) is 5.02. The molecule has 2 heterocycles. The van der Waals surface area contributed by atoms with Gasteiger partial charge < -0.3 is 25.0 Å². The van der Waals surface area contributed by atoms with Crippen molar-refractivity contribution in [1.29, 1.82) is 0 Å². The molecule has 0 radical (unpaired) electrons. The Bertz CT molecular complexity index is 814. The van der Waals surface area contributed by atoms with E-state index in [1.165, 1.54) is 6.07 Å². The molecule has 0 spiro atoms. The molecule has 2 amide bonds. The molecule has 2 aliphatic rings. The van der Waals surface area contributed by atoms with E-state index in [1.54, 1.807) is 6.07 Å². The van der Waals surface area contributed by atoms with Gasteiger partial charge >= 0.3 is 6.03 Å². The fraction of sp³-hybridized carbons (Fsp3) is 0.381. The van der Waals surface area contributed by atoms with Crippen LogP contribution >= 0.6 is 0 Å². The first-order valence-corrected chi connectivity index (χ1v) is 9.56. The lowest BCUT2D eigenvalue weighted by Gasteiger charge is -2.29. The summed E-state index contributed by atoms with van der Waals surface area (Å²) in [6, 6.07) is 12.7. The summed E-state index contributed by atoms with van der Waals surface area (Å²) >= 11 is 0. The highest BCUT2D eigenvalue weighted by Crippen LogP contribution is 2.27. The van der Waals surface area contributed by atoms with Crippen molar-refractivity contribution in [2.75, 3.05) is 37.7 Å². The van der Waals surface area contributed by atoms with Gasteiger partial charge in [0.15, 0.2) is 0 Å². The fourth-order valence-corrected chi connectivity index (χ4v) is 3.54. The first-order valence-electron chi connectivity index (χ1n) is 9.56. The van der Waals surface area contributed by atoms with E-state index in [4.69, 9.17) is 9.47 Å². The van der Waals surface area contributed by atoms with Crippen molar-refractivity contribution in [3.63, 3.8) is 0 Å². The van der Waals surface area contributed by atoms with E-state index in [2.05, 4.69) is 10.6 Å². The zero-order valence-electron chi connectivity index (χ0n) is 15.6. The summed E-state index contributed by atoms with van der Waals surface area (Å²) < 4.78 is 25.5. The Morgan fingerprint density at radius 1 is 1.14 bits per heavy atom. The molecule has 148 valence electrons. The molecule has 6 nitrogen and oxygen atoms in total. The average Bonchev–Trinajstić information content (AvgIpc) is 3.14. The van der Waals surface area contributed by atoms with Crippen molar-refractivity contribution in [2.24, 2.45) is 0 Å². The number of carbonyl (C=O) groups excluding carboxylic acids is 1. The van der Waals surface area contributed by atoms with E-state index in [-0.39, 0.29) is 24.5 Å². The number of amides is 2. The van der Waals surface area contributed by atoms with Crippen LogP contribution in [0.5, 0.6) is 5.75 Å². The summed E-state index contributed by atoms with van der Waals surface area (Å²) in [6.07, 6.45) is 0.721. The third kappa shape index (κ3) is 4.36. The molecular weight excluding hydrogens is 361 g/mol. The van der Waals surface area contributed by atoms with E-state index in [9.17, 15) is 9.18 Å². The maximum absolute atomic E-state index is 14.4. The van der Waals surface area contributed by atoms with Crippen LogP contribution in [0.3, 0.4) is 0 Å². The van der Waals surface area contributed by atoms with Gasteiger partial charge in [-0.15, -0.1) is 0 Å². The minimum absolute atomic E-state index is 0.0617. The van der Waals surface area contributed by atoms with Gasteiger partial charge in [0.2, 0.25) is 0 Å². The molecule has 1 fully saturated rings. The number of para-hydroxylation sites is 1. The maximum atomic E-state index is 14.4. The van der Waals surface area contributed by atoms with Gasteiger partial charge in [-0.2, -0.15) is 0 Å². The standard InChI is InChI=1S/C21H24FN3O3/c22-18-11-15(5-6-19(18)25-7-9-27-10-8-25)13-23-21(26)24-14-17-12-16-3-1-2-4-20(16)28-17/h1-6,11,17H,7-10,12-14H2,(H2,23,24,26). The van der Waals surface area contributed by atoms with Gasteiger partial charge in [0.05, 0.1) is 25.4 Å². The number of nitrogens with one attached hydrogen (secondary N) is 2. The lowest BCUT2D eigenvalue weighted by atomic mass is 10.1. The lowest BCUT2D eigenvalue weighted by Crippen LogP contribution is -2.40. The number of hydrogen-bond acceptors (Lipinski definition) is 4. The molecule has 7 heteroatoms. The number of rotatable bonds is 5. The van der Waals surface area contributed by atoms with Crippen LogP contribution < -0.4 is 20.3 Å². The van der Waals surface area contributed by atoms with Gasteiger partial charge in [-0.05, 0) is 29.3 Å². The monoisotopic (exact) mass is 385 g/mol. The fourth-order valence-electron chi connectivity index (χ4n) is 3.54. The number of ether oxygens (including phenoxy) is 2. The first-order chi connectivity index (χ1) is 13.7. The summed E-state index contributed by atoms with van der Waals surface area (Å²) in [5, 5.41) is 5.58. The number of carbonyl (C=O) groups is 1. The van der Waals surface area contributed by atoms with Crippen LogP contribution in [0.1, 0.15) is 11.1 Å². The highest BCUT2D eigenvalue weighted by molar-refractivity contribution is 5.73. The van der Waals surface area contributed by atoms with Crippen molar-refractivity contribution in [3.8, 4) is 5.75 Å². The zero-order valence-corrected chi connectivity index (χ0v) is 15.6. The quantitative estimate of drug-likeness (QED) is 0.830. The lowest BCUT2D eigenvalue weighted by molar-refractivity contribution is 0.122. The Labute approximate surface area is 163 Å². The number of anilines is 1. The molecule has 2 aromatic carbocycles. The number of halogens is 1. The molecule has 1 saturated heterocycles. The molecule has 0 saturated carbocycles. The molecule has 1 unspecified atom stereocenters. The second-order valence-corrected chi connectivity index (χ2v) is 7.00. The van der Waals surface area contributed by atoms with Crippen LogP contribution in [0.25, 0.3) is 0 Å². The summed E-state index contributed by atoms with van der Waals surface area (Å²) in [5.41, 5.74) is 2.45. The SMILES string of the molecule is O=C(NCc1ccc(N2CCOCC2)c(F)c1)NCC1Cc2ccccc2O1. The normalized spacial score (nSPS) is 18.3. The molecule has 0 aliphatic carbocycles. The minimum atomic E-state index is -0.294. The summed E-state index contributed by atoms with van der Waals surface area (Å²) in [4.78, 5) is 14.0. The second kappa shape index (κ2) is 8.48. The van der Waals surface area contributed by atoms with E-state index in [0.717, 1.165) is 17.7 Å². The number of morpholine rings is 1. The van der Waals surface area contributed by atoms with Gasteiger partial charge in [-0.3, -0.25) is 0 Å². The van der Waals surface area contributed by atoms with Crippen LogP contribution in [0.15, 0.2) is 42.5 Å². The van der Waals surface area contributed by atoms with E-state index in [1.807, 2.05) is 35.2 Å². The topological polar surface area (TPSA) is 62.8 Å². The van der Waals surface area contributed by atoms with E-state index in [0.29, 0.717) is 44.1 Å². The van der Waals surface area contributed by atoms with Crippen molar-refractivity contribution >= 4 is 11.7 Å². The Morgan fingerprint density at radius 2 is 1.96 bits per heavy atom. The first kappa shape index (κ1) is 18.6. The Balaban J connectivity index is 1.23. The molecule has 2 aromatic rings. The Hall–Kier alpha value is -2.80. The van der Waals surface area contributed by atoms with Gasteiger partial charge in [0.25, 0.3) is 0 Å². The molecule has 4 rings (SSSR count). The number of nitrogens with zero attached hydrogens (tertiary/aromatic N) is 1. The maximum Gasteiger partial charge on any atom is 0.315 e. The van der Waals surface area contributed by atoms with E-state index < -0.39 is 0 Å². The highest BCUT2D eigenvalue weighted by Gasteiger charge is 2.22. The van der Waals surface area contributed by atoms with Crippen molar-refractivity contribution in [3.05, 3.63) is 59.4 Å². The largest absolute Gasteiger partial charge is 0.488 e. The average molecular weight is 385 g/mol. The molecule has 1 atom stereocenters. The van der Waals surface area contributed by atoms with Gasteiger partial charge in [0.1, 0.15) is 17.7 Å². The third-order valence-electron chi connectivity index (χ3n) is 5.02. The number of urea groups is 1. The molecule has 0 bridgehead atoms. The number of fused-ring (bicyclic) bond motifs is 1. The molecule has 0 aromatic heterocycles. The molecule has 28 heavy (non-hydrogen) atoms. The second-order valence-electron chi connectivity index (χ2n) is 7.00. The molecular formula is C21H24FN3O3. The van der Waals surface area contributed by atoms with Gasteiger partial charge in [-0.1, -0.05) is 24.3 Å². The Morgan fingerprint density at radius 3 is 2.75 bits per heavy atom. The molecule has 2 aliphatic heterocycles. The molecule has 2 N–H and O–H groups in total. The smallest absolute Gasteiger partial charge is 0.315 e. The zero-order chi connectivity index (χ0) is 19.3. The predicted octanol–water partition coefficient (Wildman–Crippen LogP) is 2.47. The summed E-state index contributed by atoms with van der Waals surface area (Å²) in [5.74, 6) is 0.601. The van der Waals surface area contributed by atoms with Crippen molar-refractivity contribution in [2.45, 2.75) is 19.1 Å². The van der Waals surface area contributed by atoms with Gasteiger partial charge in [0, 0.05) is 26.1 Å². The van der Waals surface area contributed by atoms with E-state index >= 15 is 0 Å². The number of benzene rings is 2. The van der Waals surface area contributed by atoms with Crippen LogP contribution in [0, 0.1) is 5.82 Å². The minimum Gasteiger partial charge on any atom is -0.488 e. The predicted molar refractivity (Wildman–Crippen MR) is 104 cm³/mol. The van der Waals surface area contributed by atoms with Crippen LogP contribution in [0.4, 0.5) is 14.9 Å². The van der Waals surface area contributed by atoms with Gasteiger partial charge in [-0.25, -0.2) is 9.18 Å².